The first-order chi connectivity index (χ1) is 8.74. The van der Waals surface area contributed by atoms with Gasteiger partial charge in [0.2, 0.25) is 0 Å². The van der Waals surface area contributed by atoms with E-state index in [-0.39, 0.29) is 5.91 Å². The Kier molecular flexibility index (Phi) is 3.22. The fraction of sp³-hybridized carbons (Fsp3) is 0.667. The van der Waals surface area contributed by atoms with E-state index in [1.54, 1.807) is 5.38 Å². The molecule has 2 N–H and O–H groups in total. The third kappa shape index (κ3) is 2.49. The normalized spacial score (nSPS) is 23.2. The Hall–Kier alpha value is -1.14. The molecule has 0 radical (unpaired) electrons. The van der Waals surface area contributed by atoms with Crippen molar-refractivity contribution in [2.24, 2.45) is 5.92 Å². The van der Waals surface area contributed by atoms with E-state index in [4.69, 9.17) is 10.5 Å². The molecule has 6 heteroatoms. The molecule has 18 heavy (non-hydrogen) atoms. The van der Waals surface area contributed by atoms with Crippen LogP contribution in [-0.4, -0.2) is 41.6 Å². The number of amides is 1. The smallest absolute Gasteiger partial charge is 0.273 e. The van der Waals surface area contributed by atoms with Crippen LogP contribution in [0.1, 0.15) is 29.8 Å². The summed E-state index contributed by atoms with van der Waals surface area (Å²) in [5.41, 5.74) is 6.08. The molecule has 98 valence electrons. The highest BCUT2D eigenvalue weighted by atomic mass is 32.1. The minimum absolute atomic E-state index is 0.0253. The average molecular weight is 267 g/mol. The lowest BCUT2D eigenvalue weighted by atomic mass is 10.1. The number of ether oxygens (including phenoxy) is 1. The Morgan fingerprint density at radius 3 is 2.94 bits per heavy atom. The molecule has 0 bridgehead atoms. The summed E-state index contributed by atoms with van der Waals surface area (Å²) >= 11 is 1.32. The van der Waals surface area contributed by atoms with Crippen molar-refractivity contribution in [2.45, 2.75) is 25.3 Å². The third-order valence-electron chi connectivity index (χ3n) is 3.47. The zero-order valence-electron chi connectivity index (χ0n) is 10.2. The molecule has 0 spiro atoms. The summed E-state index contributed by atoms with van der Waals surface area (Å²) in [5, 5.41) is 2.20. The molecule has 2 aliphatic rings. The number of hydrogen-bond acceptors (Lipinski definition) is 5. The number of anilines is 1. The molecule has 1 unspecified atom stereocenters. The van der Waals surface area contributed by atoms with Crippen LogP contribution in [0, 0.1) is 5.92 Å². The van der Waals surface area contributed by atoms with Crippen molar-refractivity contribution < 1.29 is 9.53 Å². The van der Waals surface area contributed by atoms with E-state index in [9.17, 15) is 4.79 Å². The quantitative estimate of drug-likeness (QED) is 0.894. The van der Waals surface area contributed by atoms with Crippen LogP contribution in [0.15, 0.2) is 5.38 Å². The van der Waals surface area contributed by atoms with Crippen molar-refractivity contribution >= 4 is 22.4 Å². The maximum atomic E-state index is 12.4. The zero-order chi connectivity index (χ0) is 12.5. The summed E-state index contributed by atoms with van der Waals surface area (Å²) in [6.45, 7) is 2.39. The minimum Gasteiger partial charge on any atom is -0.381 e. The predicted octanol–water partition coefficient (Wildman–Crippen LogP) is 1.37. The molecule has 3 rings (SSSR count). The van der Waals surface area contributed by atoms with Gasteiger partial charge in [0, 0.05) is 30.5 Å². The second-order valence-electron chi connectivity index (χ2n) is 4.99. The topological polar surface area (TPSA) is 68.5 Å². The van der Waals surface area contributed by atoms with Crippen molar-refractivity contribution in [1.82, 2.24) is 9.88 Å². The summed E-state index contributed by atoms with van der Waals surface area (Å²) in [6.07, 6.45) is 3.27. The molecule has 1 aliphatic heterocycles. The maximum absolute atomic E-state index is 12.4. The van der Waals surface area contributed by atoms with Gasteiger partial charge in [0.25, 0.3) is 5.91 Å². The van der Waals surface area contributed by atoms with Crippen LogP contribution in [0.5, 0.6) is 0 Å². The highest BCUT2D eigenvalue weighted by Gasteiger charge is 2.35. The molecule has 1 aromatic rings. The standard InChI is InChI=1S/C12H17N3O2S/c13-12-14-10(7-18-12)11(16)15(9-1-2-9)5-8-3-4-17-6-8/h7-9H,1-6H2,(H2,13,14). The second kappa shape index (κ2) is 4.85. The first-order valence-electron chi connectivity index (χ1n) is 6.34. The highest BCUT2D eigenvalue weighted by Crippen LogP contribution is 2.30. The maximum Gasteiger partial charge on any atom is 0.273 e. The molecular weight excluding hydrogens is 250 g/mol. The van der Waals surface area contributed by atoms with Gasteiger partial charge >= 0.3 is 0 Å². The van der Waals surface area contributed by atoms with Crippen LogP contribution in [0.2, 0.25) is 0 Å². The number of aromatic nitrogens is 1. The number of nitrogens with zero attached hydrogens (tertiary/aromatic N) is 2. The average Bonchev–Trinajstić information content (AvgIpc) is 2.88. The number of nitrogen functional groups attached to an aromatic ring is 1. The summed E-state index contributed by atoms with van der Waals surface area (Å²) in [5.74, 6) is 0.503. The van der Waals surface area contributed by atoms with Gasteiger partial charge in [0.1, 0.15) is 5.69 Å². The predicted molar refractivity (Wildman–Crippen MR) is 69.5 cm³/mol. The first-order valence-corrected chi connectivity index (χ1v) is 7.21. The summed E-state index contributed by atoms with van der Waals surface area (Å²) in [4.78, 5) is 18.5. The van der Waals surface area contributed by atoms with Gasteiger partial charge in [0.15, 0.2) is 5.13 Å². The largest absolute Gasteiger partial charge is 0.381 e. The summed E-state index contributed by atoms with van der Waals surface area (Å²) < 4.78 is 5.38. The fourth-order valence-electron chi connectivity index (χ4n) is 2.32. The van der Waals surface area contributed by atoms with Crippen LogP contribution >= 0.6 is 11.3 Å². The third-order valence-corrected chi connectivity index (χ3v) is 4.14. The first kappa shape index (κ1) is 11.9. The lowest BCUT2D eigenvalue weighted by molar-refractivity contribution is 0.0701. The SMILES string of the molecule is Nc1nc(C(=O)N(CC2CCOC2)C2CC2)cs1. The minimum atomic E-state index is 0.0253. The summed E-state index contributed by atoms with van der Waals surface area (Å²) in [7, 11) is 0. The highest BCUT2D eigenvalue weighted by molar-refractivity contribution is 7.13. The molecule has 1 aliphatic carbocycles. The molecule has 0 aromatic carbocycles. The molecule has 1 saturated heterocycles. The van der Waals surface area contributed by atoms with Crippen LogP contribution in [0.3, 0.4) is 0 Å². The van der Waals surface area contributed by atoms with Crippen LogP contribution < -0.4 is 5.73 Å². The monoisotopic (exact) mass is 267 g/mol. The number of carbonyl (C=O) groups excluding carboxylic acids is 1. The van der Waals surface area contributed by atoms with Crippen molar-refractivity contribution in [3.05, 3.63) is 11.1 Å². The lowest BCUT2D eigenvalue weighted by Gasteiger charge is -2.24. The van der Waals surface area contributed by atoms with Gasteiger partial charge in [0.05, 0.1) is 6.61 Å². The van der Waals surface area contributed by atoms with Gasteiger partial charge in [-0.1, -0.05) is 0 Å². The Bertz CT molecular complexity index is 438. The molecule has 1 saturated carbocycles. The van der Waals surface area contributed by atoms with E-state index in [1.165, 1.54) is 11.3 Å². The number of rotatable bonds is 4. The summed E-state index contributed by atoms with van der Waals surface area (Å²) in [6, 6.07) is 0.404. The van der Waals surface area contributed by atoms with Crippen LogP contribution in [0.25, 0.3) is 0 Å². The van der Waals surface area contributed by atoms with Crippen molar-refractivity contribution in [2.75, 3.05) is 25.5 Å². The lowest BCUT2D eigenvalue weighted by Crippen LogP contribution is -2.37. The van der Waals surface area contributed by atoms with Crippen molar-refractivity contribution in [3.63, 3.8) is 0 Å². The van der Waals surface area contributed by atoms with Gasteiger partial charge in [-0.2, -0.15) is 0 Å². The van der Waals surface area contributed by atoms with Gasteiger partial charge in [-0.05, 0) is 19.3 Å². The zero-order valence-corrected chi connectivity index (χ0v) is 11.0. The van der Waals surface area contributed by atoms with Gasteiger partial charge in [-0.25, -0.2) is 4.98 Å². The molecular formula is C12H17N3O2S. The van der Waals surface area contributed by atoms with Crippen molar-refractivity contribution in [3.8, 4) is 0 Å². The van der Waals surface area contributed by atoms with Crippen LogP contribution in [0.4, 0.5) is 5.13 Å². The van der Waals surface area contributed by atoms with Gasteiger partial charge in [-0.15, -0.1) is 11.3 Å². The van der Waals surface area contributed by atoms with E-state index >= 15 is 0 Å². The Morgan fingerprint density at radius 1 is 1.56 bits per heavy atom. The van der Waals surface area contributed by atoms with E-state index in [0.717, 1.165) is 39.0 Å². The number of nitrogens with two attached hydrogens (primary N) is 1. The van der Waals surface area contributed by atoms with Gasteiger partial charge < -0.3 is 15.4 Å². The molecule has 5 nitrogen and oxygen atoms in total. The Morgan fingerprint density at radius 2 is 2.39 bits per heavy atom. The molecule has 2 fully saturated rings. The molecule has 2 heterocycles. The van der Waals surface area contributed by atoms with Crippen LogP contribution in [-0.2, 0) is 4.74 Å². The second-order valence-corrected chi connectivity index (χ2v) is 5.88. The van der Waals surface area contributed by atoms with E-state index < -0.39 is 0 Å². The van der Waals surface area contributed by atoms with Gasteiger partial charge in [-0.3, -0.25) is 4.79 Å². The molecule has 1 aromatic heterocycles. The van der Waals surface area contributed by atoms with Crippen molar-refractivity contribution in [1.29, 1.82) is 0 Å². The number of hydrogen-bond donors (Lipinski definition) is 1. The van der Waals surface area contributed by atoms with E-state index in [1.807, 2.05) is 4.90 Å². The van der Waals surface area contributed by atoms with E-state index in [2.05, 4.69) is 4.98 Å². The number of thiazole rings is 1. The number of carbonyl (C=O) groups is 1. The van der Waals surface area contributed by atoms with E-state index in [0.29, 0.717) is 22.8 Å². The Labute approximate surface area is 110 Å². The molecule has 1 atom stereocenters. The molecule has 1 amide bonds. The Balaban J connectivity index is 1.70. The fourth-order valence-corrected chi connectivity index (χ4v) is 2.86.